The van der Waals surface area contributed by atoms with Gasteiger partial charge in [0.1, 0.15) is 6.23 Å². The highest BCUT2D eigenvalue weighted by molar-refractivity contribution is 7.47. The van der Waals surface area contributed by atoms with Crippen molar-refractivity contribution in [2.45, 2.75) is 44.9 Å². The van der Waals surface area contributed by atoms with Crippen LogP contribution in [-0.2, 0) is 18.3 Å². The van der Waals surface area contributed by atoms with E-state index in [4.69, 9.17) is 13.8 Å². The van der Waals surface area contributed by atoms with E-state index in [1.807, 2.05) is 6.92 Å². The maximum atomic E-state index is 11.7. The lowest BCUT2D eigenvalue weighted by Crippen LogP contribution is -2.31. The van der Waals surface area contributed by atoms with E-state index in [1.54, 1.807) is 0 Å². The Kier molecular flexibility index (Phi) is 8.86. The molecule has 1 saturated heterocycles. The molecule has 0 saturated carbocycles. The van der Waals surface area contributed by atoms with E-state index in [-0.39, 0.29) is 36.3 Å². The fraction of sp³-hybridized carbons (Fsp3) is 0.692. The summed E-state index contributed by atoms with van der Waals surface area (Å²) in [6.07, 6.45) is 3.02. The molecule has 1 aliphatic rings. The number of nitrogens with zero attached hydrogens (tertiary/aromatic N) is 1. The fourth-order valence-electron chi connectivity index (χ4n) is 2.21. The zero-order chi connectivity index (χ0) is 16.9. The predicted octanol–water partition coefficient (Wildman–Crippen LogP) is 0.767. The van der Waals surface area contributed by atoms with Gasteiger partial charge < -0.3 is 9.63 Å². The standard InChI is InChI=1S/C13H21N2O7P.Mg/c1-2-3-8-20-23(18,19)21-9-10-4-5-12(22-10)15-7-6-11(16)14-13(15)17;/h6-7,10,12H,2-5,8-9H2,1H3,(H,18,19)(H,14,16,17);/t10-,12-;/m1./s1. The van der Waals surface area contributed by atoms with Gasteiger partial charge in [0.25, 0.3) is 5.56 Å². The topological polar surface area (TPSA) is 120 Å². The van der Waals surface area contributed by atoms with Gasteiger partial charge in [-0.15, -0.1) is 0 Å². The summed E-state index contributed by atoms with van der Waals surface area (Å²) in [4.78, 5) is 34.4. The molecule has 3 atom stereocenters. The van der Waals surface area contributed by atoms with Crippen molar-refractivity contribution >= 4 is 30.9 Å². The van der Waals surface area contributed by atoms with Crippen LogP contribution in [0, 0.1) is 0 Å². The first-order chi connectivity index (χ1) is 10.9. The molecule has 132 valence electrons. The number of unbranched alkanes of at least 4 members (excludes halogenated alkanes) is 1. The average Bonchev–Trinajstić information content (AvgIpc) is 2.94. The minimum Gasteiger partial charge on any atom is -0.352 e. The summed E-state index contributed by atoms with van der Waals surface area (Å²) in [6.45, 7) is 2.00. The quantitative estimate of drug-likeness (QED) is 0.393. The predicted molar refractivity (Wildman–Crippen MR) is 86.9 cm³/mol. The molecule has 0 amide bonds. The van der Waals surface area contributed by atoms with Gasteiger partial charge >= 0.3 is 13.5 Å². The van der Waals surface area contributed by atoms with Gasteiger partial charge in [0.05, 0.1) is 19.3 Å². The number of rotatable bonds is 8. The minimum atomic E-state index is -4.08. The van der Waals surface area contributed by atoms with E-state index in [9.17, 15) is 19.0 Å². The van der Waals surface area contributed by atoms with Crippen LogP contribution < -0.4 is 11.2 Å². The Labute approximate surface area is 155 Å². The molecule has 2 rings (SSSR count). The number of ether oxygens (including phenoxy) is 1. The van der Waals surface area contributed by atoms with Crippen LogP contribution in [0.2, 0.25) is 0 Å². The van der Waals surface area contributed by atoms with E-state index < -0.39 is 31.4 Å². The lowest BCUT2D eigenvalue weighted by molar-refractivity contribution is -0.0260. The van der Waals surface area contributed by atoms with E-state index in [0.717, 1.165) is 6.42 Å². The van der Waals surface area contributed by atoms with Crippen LogP contribution in [0.25, 0.3) is 0 Å². The first kappa shape index (κ1) is 21.6. The van der Waals surface area contributed by atoms with Gasteiger partial charge in [0.15, 0.2) is 0 Å². The Morgan fingerprint density at radius 1 is 1.42 bits per heavy atom. The maximum absolute atomic E-state index is 11.7. The third-order valence-electron chi connectivity index (χ3n) is 3.42. The van der Waals surface area contributed by atoms with Gasteiger partial charge in [-0.2, -0.15) is 0 Å². The van der Waals surface area contributed by atoms with Gasteiger partial charge in [-0.25, -0.2) is 9.36 Å². The molecule has 1 aromatic rings. The van der Waals surface area contributed by atoms with Crippen molar-refractivity contribution in [3.63, 3.8) is 0 Å². The number of nitrogens with one attached hydrogen (secondary N) is 1. The summed E-state index contributed by atoms with van der Waals surface area (Å²) in [6, 6.07) is 1.23. The van der Waals surface area contributed by atoms with Crippen molar-refractivity contribution in [1.82, 2.24) is 9.55 Å². The van der Waals surface area contributed by atoms with Crippen LogP contribution in [0.1, 0.15) is 38.8 Å². The van der Waals surface area contributed by atoms with Crippen LogP contribution in [0.4, 0.5) is 0 Å². The molecule has 0 aliphatic carbocycles. The lowest BCUT2D eigenvalue weighted by atomic mass is 10.2. The summed E-state index contributed by atoms with van der Waals surface area (Å²) in [5, 5.41) is 0. The molecule has 0 aromatic carbocycles. The van der Waals surface area contributed by atoms with Crippen LogP contribution in [0.5, 0.6) is 0 Å². The molecule has 1 aromatic heterocycles. The van der Waals surface area contributed by atoms with E-state index in [0.29, 0.717) is 19.3 Å². The molecule has 2 radical (unpaired) electrons. The third kappa shape index (κ3) is 6.43. The van der Waals surface area contributed by atoms with Crippen LogP contribution >= 0.6 is 7.82 Å². The molecule has 11 heteroatoms. The second kappa shape index (κ2) is 9.86. The zero-order valence-electron chi connectivity index (χ0n) is 13.6. The van der Waals surface area contributed by atoms with Gasteiger partial charge in [-0.3, -0.25) is 23.4 Å². The van der Waals surface area contributed by atoms with Crippen molar-refractivity contribution in [2.75, 3.05) is 13.2 Å². The number of hydrogen-bond donors (Lipinski definition) is 2. The molecular weight excluding hydrogens is 351 g/mol. The first-order valence-corrected chi connectivity index (χ1v) is 8.99. The van der Waals surface area contributed by atoms with Gasteiger partial charge in [0, 0.05) is 35.3 Å². The summed E-state index contributed by atoms with van der Waals surface area (Å²) >= 11 is 0. The van der Waals surface area contributed by atoms with Crippen LogP contribution in [0.3, 0.4) is 0 Å². The molecule has 1 aliphatic heterocycles. The molecule has 9 nitrogen and oxygen atoms in total. The summed E-state index contributed by atoms with van der Waals surface area (Å²) in [7, 11) is -4.08. The number of aromatic amines is 1. The summed E-state index contributed by atoms with van der Waals surface area (Å²) in [5.74, 6) is 0. The monoisotopic (exact) mass is 372 g/mol. The Balaban J connectivity index is 0.00000288. The Hall–Kier alpha value is -0.484. The maximum Gasteiger partial charge on any atom is 0.472 e. The number of hydrogen-bond acceptors (Lipinski definition) is 6. The smallest absolute Gasteiger partial charge is 0.352 e. The normalized spacial score (nSPS) is 22.8. The van der Waals surface area contributed by atoms with E-state index in [1.165, 1.54) is 16.8 Å². The highest BCUT2D eigenvalue weighted by Crippen LogP contribution is 2.44. The second-order valence-corrected chi connectivity index (χ2v) is 6.71. The van der Waals surface area contributed by atoms with Gasteiger partial charge in [-0.05, 0) is 19.3 Å². The Bertz CT molecular complexity index is 677. The van der Waals surface area contributed by atoms with Crippen molar-refractivity contribution in [1.29, 1.82) is 0 Å². The highest BCUT2D eigenvalue weighted by Gasteiger charge is 2.30. The lowest BCUT2D eigenvalue weighted by Gasteiger charge is -2.17. The van der Waals surface area contributed by atoms with E-state index >= 15 is 0 Å². The number of phosphoric acid groups is 1. The highest BCUT2D eigenvalue weighted by atomic mass is 31.2. The molecule has 1 fully saturated rings. The number of phosphoric ester groups is 1. The Morgan fingerprint density at radius 2 is 2.17 bits per heavy atom. The van der Waals surface area contributed by atoms with E-state index in [2.05, 4.69) is 4.98 Å². The van der Waals surface area contributed by atoms with Crippen molar-refractivity contribution in [3.8, 4) is 0 Å². The van der Waals surface area contributed by atoms with Crippen molar-refractivity contribution in [3.05, 3.63) is 33.1 Å². The molecule has 0 bridgehead atoms. The third-order valence-corrected chi connectivity index (χ3v) is 4.41. The molecule has 2 heterocycles. The minimum absolute atomic E-state index is 0. The zero-order valence-corrected chi connectivity index (χ0v) is 15.9. The van der Waals surface area contributed by atoms with Crippen molar-refractivity contribution < 1.29 is 23.2 Å². The van der Waals surface area contributed by atoms with Crippen LogP contribution in [-0.4, -0.2) is 56.8 Å². The van der Waals surface area contributed by atoms with Gasteiger partial charge in [0.2, 0.25) is 0 Å². The SMILES string of the molecule is CCCCOP(=O)(O)OC[C@H]1CC[C@H](n2ccc(=O)[nH]c2=O)O1.[Mg]. The average molecular weight is 373 g/mol. The number of H-pyrrole nitrogens is 1. The molecular formula is C13H21MgN2O7P. The molecule has 24 heavy (non-hydrogen) atoms. The fourth-order valence-corrected chi connectivity index (χ4v) is 3.00. The summed E-state index contributed by atoms with van der Waals surface area (Å²) < 4.78 is 28.3. The molecule has 0 spiro atoms. The van der Waals surface area contributed by atoms with Crippen molar-refractivity contribution in [2.24, 2.45) is 0 Å². The van der Waals surface area contributed by atoms with Gasteiger partial charge in [-0.1, -0.05) is 13.3 Å². The largest absolute Gasteiger partial charge is 0.472 e. The second-order valence-electron chi connectivity index (χ2n) is 5.26. The summed E-state index contributed by atoms with van der Waals surface area (Å²) in [5.41, 5.74) is -1.03. The first-order valence-electron chi connectivity index (χ1n) is 7.50. The number of aromatic nitrogens is 2. The molecule has 2 N–H and O–H groups in total. The van der Waals surface area contributed by atoms with Crippen LogP contribution in [0.15, 0.2) is 21.9 Å². The molecule has 1 unspecified atom stereocenters. The Morgan fingerprint density at radius 3 is 2.83 bits per heavy atom.